The minimum absolute atomic E-state index is 0.871. The average molecular weight is 261 g/mol. The first kappa shape index (κ1) is 13.0. The molecule has 1 aromatic carbocycles. The Morgan fingerprint density at radius 1 is 1.17 bits per heavy atom. The summed E-state index contributed by atoms with van der Waals surface area (Å²) in [6.45, 7) is 6.31. The summed E-state index contributed by atoms with van der Waals surface area (Å²) in [5.41, 5.74) is 10.7. The first-order valence-electron chi connectivity index (χ1n) is 6.10. The molecule has 0 saturated carbocycles. The van der Waals surface area contributed by atoms with Crippen molar-refractivity contribution in [2.24, 2.45) is 0 Å². The van der Waals surface area contributed by atoms with Crippen molar-refractivity contribution >= 4 is 16.3 Å². The van der Waals surface area contributed by atoms with Crippen LogP contribution in [0, 0.1) is 13.8 Å². The Hall–Kier alpha value is -1.48. The number of hydrogen-bond donors (Lipinski definition) is 1. The van der Waals surface area contributed by atoms with Crippen molar-refractivity contribution in [2.75, 3.05) is 12.8 Å². The van der Waals surface area contributed by atoms with Gasteiger partial charge in [0.15, 0.2) is 0 Å². The number of ether oxygens (including phenoxy) is 1. The monoisotopic (exact) mass is 261 g/mol. The van der Waals surface area contributed by atoms with Crippen molar-refractivity contribution in [3.05, 3.63) is 34.2 Å². The number of methoxy groups -OCH3 is 1. The van der Waals surface area contributed by atoms with Crippen molar-refractivity contribution in [3.63, 3.8) is 0 Å². The molecule has 0 amide bonds. The number of nitrogens with two attached hydrogens (primary N) is 1. The van der Waals surface area contributed by atoms with Gasteiger partial charge in [0.05, 0.1) is 12.1 Å². The van der Waals surface area contributed by atoms with E-state index in [1.54, 1.807) is 18.4 Å². The van der Waals surface area contributed by atoms with Crippen LogP contribution in [-0.2, 0) is 6.42 Å². The molecule has 0 radical (unpaired) electrons. The van der Waals surface area contributed by atoms with Gasteiger partial charge >= 0.3 is 0 Å². The second-order valence-corrected chi connectivity index (χ2v) is 5.68. The zero-order valence-corrected chi connectivity index (χ0v) is 12.1. The smallest absolute Gasteiger partial charge is 0.129 e. The standard InChI is InChI=1S/C15H19NOS/c1-5-11-8-13(15(16)18-11)12-7-9(2)6-10(3)14(12)17-4/h6-8H,5,16H2,1-4H3. The Morgan fingerprint density at radius 3 is 2.44 bits per heavy atom. The molecule has 0 unspecified atom stereocenters. The van der Waals surface area contributed by atoms with Crippen LogP contribution in [0.1, 0.15) is 22.9 Å². The molecule has 0 spiro atoms. The van der Waals surface area contributed by atoms with Gasteiger partial charge in [-0.3, -0.25) is 0 Å². The van der Waals surface area contributed by atoms with Crippen LogP contribution in [0.2, 0.25) is 0 Å². The van der Waals surface area contributed by atoms with E-state index in [9.17, 15) is 0 Å². The van der Waals surface area contributed by atoms with Gasteiger partial charge in [-0.25, -0.2) is 0 Å². The summed E-state index contributed by atoms with van der Waals surface area (Å²) in [7, 11) is 1.71. The number of rotatable bonds is 3. The fourth-order valence-corrected chi connectivity index (χ4v) is 3.15. The van der Waals surface area contributed by atoms with E-state index in [1.165, 1.54) is 10.4 Å². The molecule has 1 aromatic heterocycles. The summed E-state index contributed by atoms with van der Waals surface area (Å²) < 4.78 is 5.53. The van der Waals surface area contributed by atoms with Crippen molar-refractivity contribution in [3.8, 4) is 16.9 Å². The molecule has 18 heavy (non-hydrogen) atoms. The van der Waals surface area contributed by atoms with Crippen LogP contribution in [-0.4, -0.2) is 7.11 Å². The second kappa shape index (κ2) is 5.02. The van der Waals surface area contributed by atoms with Gasteiger partial charge in [0, 0.05) is 16.0 Å². The zero-order valence-electron chi connectivity index (χ0n) is 11.3. The summed E-state index contributed by atoms with van der Waals surface area (Å²) in [5.74, 6) is 0.924. The Bertz CT molecular complexity index is 572. The number of anilines is 1. The van der Waals surface area contributed by atoms with Crippen molar-refractivity contribution in [2.45, 2.75) is 27.2 Å². The first-order chi connectivity index (χ1) is 8.56. The van der Waals surface area contributed by atoms with Gasteiger partial charge in [-0.15, -0.1) is 11.3 Å². The predicted molar refractivity (Wildman–Crippen MR) is 79.6 cm³/mol. The SMILES string of the molecule is CCc1cc(-c2cc(C)cc(C)c2OC)c(N)s1. The molecule has 2 nitrogen and oxygen atoms in total. The van der Waals surface area contributed by atoms with Crippen LogP contribution in [0.5, 0.6) is 5.75 Å². The van der Waals surface area contributed by atoms with Crippen LogP contribution in [0.4, 0.5) is 5.00 Å². The maximum atomic E-state index is 6.14. The minimum Gasteiger partial charge on any atom is -0.496 e. The van der Waals surface area contributed by atoms with E-state index in [0.717, 1.165) is 33.9 Å². The highest BCUT2D eigenvalue weighted by Gasteiger charge is 2.14. The summed E-state index contributed by atoms with van der Waals surface area (Å²) in [6.07, 6.45) is 1.02. The van der Waals surface area contributed by atoms with Gasteiger partial charge in [0.2, 0.25) is 0 Å². The molecule has 1 heterocycles. The van der Waals surface area contributed by atoms with E-state index >= 15 is 0 Å². The fraction of sp³-hybridized carbons (Fsp3) is 0.333. The normalized spacial score (nSPS) is 10.7. The Labute approximate surface area is 112 Å². The molecule has 2 aromatic rings. The van der Waals surface area contributed by atoms with E-state index in [4.69, 9.17) is 10.5 Å². The molecule has 0 saturated heterocycles. The topological polar surface area (TPSA) is 35.2 Å². The Morgan fingerprint density at radius 2 is 1.89 bits per heavy atom. The quantitative estimate of drug-likeness (QED) is 0.899. The number of nitrogen functional groups attached to an aromatic ring is 1. The number of aryl methyl sites for hydroxylation is 3. The van der Waals surface area contributed by atoms with E-state index in [2.05, 4.69) is 39.0 Å². The van der Waals surface area contributed by atoms with Crippen molar-refractivity contribution < 1.29 is 4.74 Å². The summed E-state index contributed by atoms with van der Waals surface area (Å²) >= 11 is 1.66. The lowest BCUT2D eigenvalue weighted by Crippen LogP contribution is -1.93. The lowest BCUT2D eigenvalue weighted by Gasteiger charge is -2.12. The first-order valence-corrected chi connectivity index (χ1v) is 6.92. The van der Waals surface area contributed by atoms with Gasteiger partial charge in [-0.05, 0) is 43.5 Å². The molecule has 2 rings (SSSR count). The summed E-state index contributed by atoms with van der Waals surface area (Å²) in [4.78, 5) is 1.31. The Kier molecular flexibility index (Phi) is 3.62. The highest BCUT2D eigenvalue weighted by Crippen LogP contribution is 2.41. The molecule has 0 bridgehead atoms. The molecular weight excluding hydrogens is 242 g/mol. The zero-order chi connectivity index (χ0) is 13.3. The van der Waals surface area contributed by atoms with Crippen LogP contribution in [0.25, 0.3) is 11.1 Å². The highest BCUT2D eigenvalue weighted by atomic mass is 32.1. The number of benzene rings is 1. The molecule has 3 heteroatoms. The van der Waals surface area contributed by atoms with E-state index in [0.29, 0.717) is 0 Å². The maximum absolute atomic E-state index is 6.14. The van der Waals surface area contributed by atoms with Gasteiger partial charge in [0.25, 0.3) is 0 Å². The number of hydrogen-bond acceptors (Lipinski definition) is 3. The minimum atomic E-state index is 0.871. The Balaban J connectivity index is 2.65. The maximum Gasteiger partial charge on any atom is 0.129 e. The van der Waals surface area contributed by atoms with E-state index in [1.807, 2.05) is 0 Å². The molecule has 0 aliphatic carbocycles. The van der Waals surface area contributed by atoms with Crippen molar-refractivity contribution in [1.29, 1.82) is 0 Å². The van der Waals surface area contributed by atoms with Crippen LogP contribution >= 0.6 is 11.3 Å². The van der Waals surface area contributed by atoms with Gasteiger partial charge in [-0.2, -0.15) is 0 Å². The molecule has 96 valence electrons. The van der Waals surface area contributed by atoms with Gasteiger partial charge in [0.1, 0.15) is 5.75 Å². The molecule has 0 atom stereocenters. The van der Waals surface area contributed by atoms with Gasteiger partial charge in [-0.1, -0.05) is 13.0 Å². The third-order valence-corrected chi connectivity index (χ3v) is 4.18. The third-order valence-electron chi connectivity index (χ3n) is 3.07. The fourth-order valence-electron chi connectivity index (χ4n) is 2.27. The molecule has 0 aliphatic rings. The molecular formula is C15H19NOS. The second-order valence-electron chi connectivity index (χ2n) is 4.51. The van der Waals surface area contributed by atoms with Crippen LogP contribution < -0.4 is 10.5 Å². The molecule has 0 fully saturated rings. The lowest BCUT2D eigenvalue weighted by atomic mass is 10.0. The predicted octanol–water partition coefficient (Wildman–Crippen LogP) is 4.19. The van der Waals surface area contributed by atoms with E-state index < -0.39 is 0 Å². The molecule has 2 N–H and O–H groups in total. The van der Waals surface area contributed by atoms with Gasteiger partial charge < -0.3 is 10.5 Å². The van der Waals surface area contributed by atoms with E-state index in [-0.39, 0.29) is 0 Å². The van der Waals surface area contributed by atoms with Crippen LogP contribution in [0.15, 0.2) is 18.2 Å². The average Bonchev–Trinajstić information content (AvgIpc) is 2.69. The van der Waals surface area contributed by atoms with Crippen molar-refractivity contribution in [1.82, 2.24) is 0 Å². The third kappa shape index (κ3) is 2.23. The summed E-state index contributed by atoms with van der Waals surface area (Å²) in [5, 5.41) is 0.871. The largest absolute Gasteiger partial charge is 0.496 e. The highest BCUT2D eigenvalue weighted by molar-refractivity contribution is 7.16. The van der Waals surface area contributed by atoms with Crippen LogP contribution in [0.3, 0.4) is 0 Å². The lowest BCUT2D eigenvalue weighted by molar-refractivity contribution is 0.413. The number of thiophene rings is 1. The summed E-state index contributed by atoms with van der Waals surface area (Å²) in [6, 6.07) is 6.45. The molecule has 0 aliphatic heterocycles.